The van der Waals surface area contributed by atoms with Crippen LogP contribution in [0.3, 0.4) is 0 Å². The van der Waals surface area contributed by atoms with E-state index >= 15 is 0 Å². The molecule has 22 heavy (non-hydrogen) atoms. The molecule has 0 N–H and O–H groups in total. The molecule has 0 aliphatic carbocycles. The average Bonchev–Trinajstić information content (AvgIpc) is 2.54. The van der Waals surface area contributed by atoms with Crippen molar-refractivity contribution in [2.75, 3.05) is 6.61 Å². The first-order valence-corrected chi connectivity index (χ1v) is 7.32. The van der Waals surface area contributed by atoms with Crippen LogP contribution in [0, 0.1) is 0 Å². The number of benzene rings is 2. The van der Waals surface area contributed by atoms with E-state index < -0.39 is 0 Å². The normalized spacial score (nSPS) is 11.1. The first-order valence-electron chi connectivity index (χ1n) is 7.32. The second-order valence-corrected chi connectivity index (χ2v) is 4.85. The van der Waals surface area contributed by atoms with Gasteiger partial charge in [0.25, 0.3) is 0 Å². The van der Waals surface area contributed by atoms with Gasteiger partial charge in [0.05, 0.1) is 6.61 Å². The highest BCUT2D eigenvalue weighted by Gasteiger charge is 2.07. The van der Waals surface area contributed by atoms with Crippen LogP contribution in [0.1, 0.15) is 25.0 Å². The zero-order valence-electron chi connectivity index (χ0n) is 12.9. The Labute approximate surface area is 131 Å². The lowest BCUT2D eigenvalue weighted by molar-refractivity contribution is -0.137. The summed E-state index contributed by atoms with van der Waals surface area (Å²) in [5.74, 6) is 0.419. The van der Waals surface area contributed by atoms with Crippen LogP contribution < -0.4 is 4.74 Å². The lowest BCUT2D eigenvalue weighted by Crippen LogP contribution is -2.01. The maximum absolute atomic E-state index is 11.6. The summed E-state index contributed by atoms with van der Waals surface area (Å²) in [6, 6.07) is 17.7. The fourth-order valence-electron chi connectivity index (χ4n) is 2.09. The molecule has 0 unspecified atom stereocenters. The molecule has 0 aliphatic rings. The molecular formula is C19H20O3. The van der Waals surface area contributed by atoms with Gasteiger partial charge >= 0.3 is 5.97 Å². The SMILES string of the molecule is CCOC(=O)/C=C(/C)c1ccccc1OCc1ccccc1. The standard InChI is InChI=1S/C19H20O3/c1-3-21-19(20)13-15(2)17-11-7-8-12-18(17)22-14-16-9-5-4-6-10-16/h4-13H,3,14H2,1-2H3/b15-13-. The second-order valence-electron chi connectivity index (χ2n) is 4.85. The summed E-state index contributed by atoms with van der Waals surface area (Å²) in [7, 11) is 0. The minimum atomic E-state index is -0.335. The van der Waals surface area contributed by atoms with Crippen molar-refractivity contribution in [3.05, 3.63) is 71.8 Å². The quantitative estimate of drug-likeness (QED) is 0.591. The first-order chi connectivity index (χ1) is 10.7. The zero-order valence-corrected chi connectivity index (χ0v) is 12.9. The Balaban J connectivity index is 2.14. The molecule has 0 spiro atoms. The van der Waals surface area contributed by atoms with Crippen molar-refractivity contribution in [1.29, 1.82) is 0 Å². The molecule has 0 saturated carbocycles. The molecule has 0 radical (unpaired) electrons. The number of allylic oxidation sites excluding steroid dienone is 1. The average molecular weight is 296 g/mol. The minimum absolute atomic E-state index is 0.335. The van der Waals surface area contributed by atoms with Crippen molar-refractivity contribution in [3.8, 4) is 5.75 Å². The number of hydrogen-bond donors (Lipinski definition) is 0. The predicted octanol–water partition coefficient (Wildman–Crippen LogP) is 4.23. The van der Waals surface area contributed by atoms with Crippen molar-refractivity contribution >= 4 is 11.5 Å². The van der Waals surface area contributed by atoms with Gasteiger partial charge in [-0.3, -0.25) is 0 Å². The molecule has 3 heteroatoms. The van der Waals surface area contributed by atoms with Crippen LogP contribution in [-0.2, 0) is 16.1 Å². The zero-order chi connectivity index (χ0) is 15.8. The van der Waals surface area contributed by atoms with Crippen LogP contribution in [0.2, 0.25) is 0 Å². The molecule has 3 nitrogen and oxygen atoms in total. The molecule has 2 aromatic carbocycles. The van der Waals surface area contributed by atoms with E-state index in [1.54, 1.807) is 6.92 Å². The molecule has 0 atom stereocenters. The monoisotopic (exact) mass is 296 g/mol. The van der Waals surface area contributed by atoms with Gasteiger partial charge in [-0.05, 0) is 31.1 Å². The molecule has 0 aliphatic heterocycles. The number of hydrogen-bond acceptors (Lipinski definition) is 3. The molecule has 114 valence electrons. The Bertz CT molecular complexity index is 645. The molecule has 0 saturated heterocycles. The van der Waals surface area contributed by atoms with Gasteiger partial charge in [-0.25, -0.2) is 4.79 Å². The van der Waals surface area contributed by atoms with Gasteiger partial charge in [0.1, 0.15) is 12.4 Å². The van der Waals surface area contributed by atoms with Crippen LogP contribution in [-0.4, -0.2) is 12.6 Å². The minimum Gasteiger partial charge on any atom is -0.488 e. The molecule has 0 amide bonds. The third kappa shape index (κ3) is 4.48. The number of esters is 1. The number of carbonyl (C=O) groups is 1. The van der Waals surface area contributed by atoms with Crippen molar-refractivity contribution in [3.63, 3.8) is 0 Å². The van der Waals surface area contributed by atoms with Crippen LogP contribution in [0.25, 0.3) is 5.57 Å². The third-order valence-corrected chi connectivity index (χ3v) is 3.17. The van der Waals surface area contributed by atoms with Gasteiger partial charge in [0.15, 0.2) is 0 Å². The van der Waals surface area contributed by atoms with E-state index in [0.29, 0.717) is 13.2 Å². The van der Waals surface area contributed by atoms with E-state index in [-0.39, 0.29) is 5.97 Å². The van der Waals surface area contributed by atoms with Crippen LogP contribution in [0.15, 0.2) is 60.7 Å². The summed E-state index contributed by atoms with van der Waals surface area (Å²) >= 11 is 0. The van der Waals surface area contributed by atoms with Gasteiger partial charge in [0, 0.05) is 11.6 Å². The summed E-state index contributed by atoms with van der Waals surface area (Å²) in [5.41, 5.74) is 2.82. The summed E-state index contributed by atoms with van der Waals surface area (Å²) in [4.78, 5) is 11.6. The lowest BCUT2D eigenvalue weighted by Gasteiger charge is -2.12. The fourth-order valence-corrected chi connectivity index (χ4v) is 2.09. The summed E-state index contributed by atoms with van der Waals surface area (Å²) in [6.45, 7) is 4.53. The van der Waals surface area contributed by atoms with Crippen molar-refractivity contribution in [2.24, 2.45) is 0 Å². The molecule has 2 rings (SSSR count). The summed E-state index contributed by atoms with van der Waals surface area (Å²) in [6.07, 6.45) is 1.49. The molecule has 0 bridgehead atoms. The highest BCUT2D eigenvalue weighted by atomic mass is 16.5. The fraction of sp³-hybridized carbons (Fsp3) is 0.211. The van der Waals surface area contributed by atoms with Gasteiger partial charge in [0.2, 0.25) is 0 Å². The van der Waals surface area contributed by atoms with E-state index in [1.165, 1.54) is 6.08 Å². The van der Waals surface area contributed by atoms with Crippen LogP contribution in [0.5, 0.6) is 5.75 Å². The van der Waals surface area contributed by atoms with E-state index in [0.717, 1.165) is 22.4 Å². The Morgan fingerprint density at radius 1 is 1.05 bits per heavy atom. The Kier molecular flexibility index (Phi) is 5.78. The highest BCUT2D eigenvalue weighted by molar-refractivity contribution is 5.91. The van der Waals surface area contributed by atoms with Crippen molar-refractivity contribution < 1.29 is 14.3 Å². The van der Waals surface area contributed by atoms with Crippen molar-refractivity contribution in [1.82, 2.24) is 0 Å². The van der Waals surface area contributed by atoms with Crippen molar-refractivity contribution in [2.45, 2.75) is 20.5 Å². The van der Waals surface area contributed by atoms with E-state index in [9.17, 15) is 4.79 Å². The van der Waals surface area contributed by atoms with E-state index in [1.807, 2.05) is 61.5 Å². The Morgan fingerprint density at radius 2 is 1.73 bits per heavy atom. The van der Waals surface area contributed by atoms with Gasteiger partial charge in [-0.15, -0.1) is 0 Å². The molecule has 2 aromatic rings. The van der Waals surface area contributed by atoms with Gasteiger partial charge in [-0.2, -0.15) is 0 Å². The Morgan fingerprint density at radius 3 is 2.45 bits per heavy atom. The lowest BCUT2D eigenvalue weighted by atomic mass is 10.1. The number of rotatable bonds is 6. The number of para-hydroxylation sites is 1. The number of ether oxygens (including phenoxy) is 2. The smallest absolute Gasteiger partial charge is 0.331 e. The maximum Gasteiger partial charge on any atom is 0.331 e. The molecular weight excluding hydrogens is 276 g/mol. The third-order valence-electron chi connectivity index (χ3n) is 3.17. The Hall–Kier alpha value is -2.55. The van der Waals surface area contributed by atoms with E-state index in [2.05, 4.69) is 0 Å². The highest BCUT2D eigenvalue weighted by Crippen LogP contribution is 2.26. The topological polar surface area (TPSA) is 35.5 Å². The molecule has 0 heterocycles. The van der Waals surface area contributed by atoms with Crippen LogP contribution in [0.4, 0.5) is 0 Å². The van der Waals surface area contributed by atoms with Gasteiger partial charge in [-0.1, -0.05) is 48.5 Å². The van der Waals surface area contributed by atoms with Gasteiger partial charge < -0.3 is 9.47 Å². The summed E-state index contributed by atoms with van der Waals surface area (Å²) in [5, 5.41) is 0. The molecule has 0 fully saturated rings. The molecule has 0 aromatic heterocycles. The largest absolute Gasteiger partial charge is 0.488 e. The second kappa shape index (κ2) is 8.03. The van der Waals surface area contributed by atoms with E-state index in [4.69, 9.17) is 9.47 Å². The van der Waals surface area contributed by atoms with Crippen LogP contribution >= 0.6 is 0 Å². The number of carbonyl (C=O) groups excluding carboxylic acids is 1. The summed E-state index contributed by atoms with van der Waals surface area (Å²) < 4.78 is 10.8. The maximum atomic E-state index is 11.6. The predicted molar refractivity (Wildman–Crippen MR) is 87.5 cm³/mol. The first kappa shape index (κ1) is 15.8.